The minimum absolute atomic E-state index is 0.316. The highest BCUT2D eigenvalue weighted by Crippen LogP contribution is 2.36. The van der Waals surface area contributed by atoms with Gasteiger partial charge < -0.3 is 19.1 Å². The molecule has 6 rings (SSSR count). The third-order valence-corrected chi connectivity index (χ3v) is 8.20. The van der Waals surface area contributed by atoms with Gasteiger partial charge in [0.1, 0.15) is 17.2 Å². The molecule has 6 aromatic rings. The van der Waals surface area contributed by atoms with Crippen LogP contribution < -0.4 is 19.1 Å². The molecule has 0 aliphatic rings. The Labute approximate surface area is 327 Å². The lowest BCUT2D eigenvalue weighted by atomic mass is 10.1. The van der Waals surface area contributed by atoms with E-state index < -0.39 is 19.1 Å². The van der Waals surface area contributed by atoms with Crippen LogP contribution in [0.4, 0.5) is 56.6 Å². The average Bonchev–Trinajstić information content (AvgIpc) is 3.17. The SMILES string of the molecule is FC(F)(F)Oc1ccc(/C=C/c2ccc(N(c3ccc(/C=C/c4ccc(OC(F)(F)F)cc4)cc3)c3ccc(/C=C/c4ccc(OC(F)(F)F)cc4)cc3)cc2)cc1. The average molecular weight is 804 g/mol. The van der Waals surface area contributed by atoms with Crippen molar-refractivity contribution in [3.05, 3.63) is 179 Å². The summed E-state index contributed by atoms with van der Waals surface area (Å²) in [5.74, 6) is -0.949. The highest BCUT2D eigenvalue weighted by Gasteiger charge is 2.32. The fourth-order valence-electron chi connectivity index (χ4n) is 5.57. The third kappa shape index (κ3) is 12.6. The maximum Gasteiger partial charge on any atom is 0.573 e. The third-order valence-electron chi connectivity index (χ3n) is 8.20. The number of halogens is 9. The van der Waals surface area contributed by atoms with Crippen molar-refractivity contribution in [3.8, 4) is 17.2 Å². The summed E-state index contributed by atoms with van der Waals surface area (Å²) in [6.07, 6.45) is -3.58. The van der Waals surface area contributed by atoms with E-state index in [-0.39, 0.29) is 17.2 Å². The molecule has 0 bridgehead atoms. The van der Waals surface area contributed by atoms with Crippen molar-refractivity contribution >= 4 is 53.5 Å². The minimum Gasteiger partial charge on any atom is -0.406 e. The van der Waals surface area contributed by atoms with Gasteiger partial charge in [0, 0.05) is 17.1 Å². The van der Waals surface area contributed by atoms with Gasteiger partial charge in [0.2, 0.25) is 0 Å². The van der Waals surface area contributed by atoms with Crippen molar-refractivity contribution in [2.24, 2.45) is 0 Å². The maximum absolute atomic E-state index is 12.5. The number of alkyl halides is 9. The Bertz CT molecular complexity index is 2060. The van der Waals surface area contributed by atoms with E-state index in [1.165, 1.54) is 72.8 Å². The van der Waals surface area contributed by atoms with Crippen LogP contribution in [0.2, 0.25) is 0 Å². The highest BCUT2D eigenvalue weighted by atomic mass is 19.4. The number of benzene rings is 6. The molecule has 0 fully saturated rings. The van der Waals surface area contributed by atoms with Gasteiger partial charge in [-0.05, 0) is 106 Å². The molecule has 4 nitrogen and oxygen atoms in total. The molecule has 0 aromatic heterocycles. The summed E-state index contributed by atoms with van der Waals surface area (Å²) >= 11 is 0. The summed E-state index contributed by atoms with van der Waals surface area (Å²) in [7, 11) is 0. The molecule has 0 N–H and O–H groups in total. The lowest BCUT2D eigenvalue weighted by Crippen LogP contribution is -2.16. The van der Waals surface area contributed by atoms with E-state index in [4.69, 9.17) is 0 Å². The molecule has 58 heavy (non-hydrogen) atoms. The van der Waals surface area contributed by atoms with Crippen LogP contribution in [-0.2, 0) is 0 Å². The van der Waals surface area contributed by atoms with Crippen LogP contribution in [0, 0.1) is 0 Å². The summed E-state index contributed by atoms with van der Waals surface area (Å²) in [6.45, 7) is 0. The van der Waals surface area contributed by atoms with Crippen LogP contribution in [-0.4, -0.2) is 19.1 Å². The number of hydrogen-bond acceptors (Lipinski definition) is 4. The molecule has 0 saturated carbocycles. The molecule has 0 amide bonds. The van der Waals surface area contributed by atoms with E-state index in [9.17, 15) is 39.5 Å². The van der Waals surface area contributed by atoms with E-state index in [0.717, 1.165) is 33.8 Å². The monoisotopic (exact) mass is 803 g/mol. The van der Waals surface area contributed by atoms with Gasteiger partial charge in [0.15, 0.2) is 0 Å². The highest BCUT2D eigenvalue weighted by molar-refractivity contribution is 5.80. The first kappa shape index (κ1) is 40.8. The summed E-state index contributed by atoms with van der Waals surface area (Å²) in [6, 6.07) is 39.3. The van der Waals surface area contributed by atoms with Crippen molar-refractivity contribution < 1.29 is 53.7 Å². The fourth-order valence-corrected chi connectivity index (χ4v) is 5.57. The molecule has 0 aliphatic carbocycles. The van der Waals surface area contributed by atoms with Crippen molar-refractivity contribution in [2.75, 3.05) is 4.90 Å². The molecule has 0 saturated heterocycles. The summed E-state index contributed by atoms with van der Waals surface area (Å²) in [4.78, 5) is 2.02. The van der Waals surface area contributed by atoms with Gasteiger partial charge in [-0.15, -0.1) is 39.5 Å². The second kappa shape index (κ2) is 17.5. The Hall–Kier alpha value is -6.89. The lowest BCUT2D eigenvalue weighted by Gasteiger charge is -2.26. The maximum atomic E-state index is 12.5. The van der Waals surface area contributed by atoms with Gasteiger partial charge in [-0.25, -0.2) is 0 Å². The quantitative estimate of drug-likeness (QED) is 0.0911. The van der Waals surface area contributed by atoms with Crippen molar-refractivity contribution in [3.63, 3.8) is 0 Å². The molecule has 0 atom stereocenters. The van der Waals surface area contributed by atoms with Crippen molar-refractivity contribution in [2.45, 2.75) is 19.1 Å². The zero-order valence-electron chi connectivity index (χ0n) is 29.9. The van der Waals surface area contributed by atoms with Gasteiger partial charge in [0.05, 0.1) is 0 Å². The molecular formula is C45H30F9NO3. The zero-order valence-corrected chi connectivity index (χ0v) is 29.9. The lowest BCUT2D eigenvalue weighted by molar-refractivity contribution is -0.275. The van der Waals surface area contributed by atoms with Gasteiger partial charge in [-0.1, -0.05) is 109 Å². The zero-order chi connectivity index (χ0) is 41.3. The molecular weight excluding hydrogens is 773 g/mol. The molecule has 0 heterocycles. The standard InChI is InChI=1S/C45H30F9NO3/c46-43(47,48)56-40-25-13-34(14-26-40)4-1-31-7-19-37(20-8-31)55(38-21-9-32(10-22-38)2-5-35-15-27-41(28-16-35)57-44(49,50)51)39-23-11-33(12-24-39)3-6-36-17-29-42(30-18-36)58-45(52,53)54/h1-30H/b4-1+,5-2+,6-3+. The van der Waals surface area contributed by atoms with Crippen molar-refractivity contribution in [1.29, 1.82) is 0 Å². The van der Waals surface area contributed by atoms with Gasteiger partial charge in [-0.2, -0.15) is 0 Å². The van der Waals surface area contributed by atoms with Crippen LogP contribution in [0.1, 0.15) is 33.4 Å². The van der Waals surface area contributed by atoms with Crippen LogP contribution in [0.15, 0.2) is 146 Å². The molecule has 0 radical (unpaired) electrons. The normalized spacial score (nSPS) is 12.4. The minimum atomic E-state index is -4.78. The Balaban J connectivity index is 1.21. The fraction of sp³-hybridized carbons (Fsp3) is 0.0667. The number of rotatable bonds is 12. The predicted molar refractivity (Wildman–Crippen MR) is 207 cm³/mol. The van der Waals surface area contributed by atoms with Gasteiger partial charge in [0.25, 0.3) is 0 Å². The Morgan fingerprint density at radius 2 is 0.448 bits per heavy atom. The van der Waals surface area contributed by atoms with E-state index >= 15 is 0 Å². The molecule has 0 spiro atoms. The summed E-state index contributed by atoms with van der Waals surface area (Å²) in [5, 5.41) is 0. The Morgan fingerprint density at radius 3 is 0.621 bits per heavy atom. The van der Waals surface area contributed by atoms with E-state index in [2.05, 4.69) is 14.2 Å². The van der Waals surface area contributed by atoms with E-state index in [1.807, 2.05) is 95.9 Å². The molecule has 0 aliphatic heterocycles. The van der Waals surface area contributed by atoms with Gasteiger partial charge >= 0.3 is 19.1 Å². The smallest absolute Gasteiger partial charge is 0.406 e. The molecule has 296 valence electrons. The van der Waals surface area contributed by atoms with Crippen LogP contribution in [0.5, 0.6) is 17.2 Å². The number of nitrogens with zero attached hydrogens (tertiary/aromatic N) is 1. The van der Waals surface area contributed by atoms with E-state index in [0.29, 0.717) is 16.7 Å². The summed E-state index contributed by atoms with van der Waals surface area (Å²) < 4.78 is 125. The number of ether oxygens (including phenoxy) is 3. The summed E-state index contributed by atoms with van der Waals surface area (Å²) in [5.41, 5.74) is 6.92. The van der Waals surface area contributed by atoms with E-state index in [1.54, 1.807) is 18.2 Å². The largest absolute Gasteiger partial charge is 0.573 e. The van der Waals surface area contributed by atoms with Crippen molar-refractivity contribution in [1.82, 2.24) is 0 Å². The molecule has 13 heteroatoms. The predicted octanol–water partition coefficient (Wildman–Crippen LogP) is 14.4. The first-order valence-electron chi connectivity index (χ1n) is 17.3. The van der Waals surface area contributed by atoms with Gasteiger partial charge in [-0.3, -0.25) is 0 Å². The first-order chi connectivity index (χ1) is 27.5. The Morgan fingerprint density at radius 1 is 0.276 bits per heavy atom. The first-order valence-corrected chi connectivity index (χ1v) is 17.3. The Kier molecular flexibility index (Phi) is 12.3. The molecule has 6 aromatic carbocycles. The van der Waals surface area contributed by atoms with Crippen LogP contribution >= 0.6 is 0 Å². The number of anilines is 3. The number of hydrogen-bond donors (Lipinski definition) is 0. The second-order valence-corrected chi connectivity index (χ2v) is 12.5. The topological polar surface area (TPSA) is 30.9 Å². The van der Waals surface area contributed by atoms with Crippen LogP contribution in [0.25, 0.3) is 36.5 Å². The second-order valence-electron chi connectivity index (χ2n) is 12.5. The van der Waals surface area contributed by atoms with Crippen LogP contribution in [0.3, 0.4) is 0 Å². The molecule has 0 unspecified atom stereocenters.